The number of carbonyl (C=O) groups is 1. The predicted octanol–water partition coefficient (Wildman–Crippen LogP) is 7.01. The number of alkyl halides is 3. The number of nitrogens with zero attached hydrogens (tertiary/aromatic N) is 1. The van der Waals surface area contributed by atoms with Crippen LogP contribution in [0, 0.1) is 0 Å². The number of nitrogens with one attached hydrogen (secondary N) is 2. The van der Waals surface area contributed by atoms with E-state index in [2.05, 4.69) is 15.6 Å². The number of rotatable bonds is 7. The van der Waals surface area contributed by atoms with E-state index in [9.17, 15) is 18.0 Å². The van der Waals surface area contributed by atoms with Crippen molar-refractivity contribution in [3.05, 3.63) is 106 Å². The molecule has 9 heteroatoms. The van der Waals surface area contributed by atoms with Gasteiger partial charge in [-0.15, -0.1) is 0 Å². The minimum atomic E-state index is -4.64. The Morgan fingerprint density at radius 1 is 0.912 bits per heavy atom. The molecule has 0 bridgehead atoms. The fourth-order valence-electron chi connectivity index (χ4n) is 3.03. The van der Waals surface area contributed by atoms with Crippen molar-refractivity contribution in [3.8, 4) is 0 Å². The molecule has 0 fully saturated rings. The van der Waals surface area contributed by atoms with Gasteiger partial charge >= 0.3 is 6.18 Å². The molecule has 0 atom stereocenters. The van der Waals surface area contributed by atoms with Crippen LogP contribution in [0.4, 0.5) is 18.9 Å². The number of amides is 1. The summed E-state index contributed by atoms with van der Waals surface area (Å²) in [5.41, 5.74) is 0.996. The number of anilines is 1. The van der Waals surface area contributed by atoms with Crippen LogP contribution in [0.25, 0.3) is 5.70 Å². The summed E-state index contributed by atoms with van der Waals surface area (Å²) in [4.78, 5) is 15.9. The van der Waals surface area contributed by atoms with Crippen molar-refractivity contribution >= 4 is 46.2 Å². The minimum Gasteiger partial charge on any atom is -0.354 e. The Hall–Kier alpha value is -3.29. The molecule has 3 aromatic rings. The molecule has 4 nitrogen and oxygen atoms in total. The summed E-state index contributed by atoms with van der Waals surface area (Å²) in [6.07, 6.45) is -3.74. The zero-order valence-electron chi connectivity index (χ0n) is 18.0. The van der Waals surface area contributed by atoms with Gasteiger partial charge in [-0.05, 0) is 47.5 Å². The zero-order chi connectivity index (χ0) is 24.7. The number of hydrogen-bond donors (Lipinski definition) is 2. The number of allylic oxidation sites excluding steroid dienone is 1. The highest BCUT2D eigenvalue weighted by molar-refractivity contribution is 6.33. The lowest BCUT2D eigenvalue weighted by molar-refractivity contribution is -0.0577. The van der Waals surface area contributed by atoms with E-state index < -0.39 is 11.9 Å². The number of carbonyl (C=O) groups excluding carboxylic acids is 1. The quantitative estimate of drug-likeness (QED) is 0.339. The summed E-state index contributed by atoms with van der Waals surface area (Å²) >= 11 is 12.3. The van der Waals surface area contributed by atoms with Gasteiger partial charge < -0.3 is 10.6 Å². The maximum atomic E-state index is 13.3. The van der Waals surface area contributed by atoms with Gasteiger partial charge in [0, 0.05) is 29.9 Å². The second-order valence-electron chi connectivity index (χ2n) is 7.12. The number of para-hydroxylation sites is 1. The van der Waals surface area contributed by atoms with Crippen molar-refractivity contribution in [1.82, 2.24) is 5.32 Å². The molecule has 176 valence electrons. The van der Waals surface area contributed by atoms with E-state index in [1.54, 1.807) is 54.6 Å². The Balaban J connectivity index is 1.85. The second kappa shape index (κ2) is 11.2. The molecule has 1 amide bonds. The molecule has 0 heterocycles. The van der Waals surface area contributed by atoms with Gasteiger partial charge in [0.2, 0.25) is 0 Å². The SMILES string of the molecule is C/N=C(\C=C(/Nc1ccccc1Cl)c1ccc(C(=O)NCc2ccccc2Cl)cc1)C(F)(F)F. The number of benzene rings is 3. The molecule has 0 unspecified atom stereocenters. The van der Waals surface area contributed by atoms with E-state index in [0.717, 1.165) is 18.7 Å². The van der Waals surface area contributed by atoms with Gasteiger partial charge in [-0.3, -0.25) is 9.79 Å². The molecule has 34 heavy (non-hydrogen) atoms. The Kier molecular flexibility index (Phi) is 8.36. The lowest BCUT2D eigenvalue weighted by Gasteiger charge is -2.15. The number of hydrogen-bond acceptors (Lipinski definition) is 3. The Bertz CT molecular complexity index is 1220. The van der Waals surface area contributed by atoms with Gasteiger partial charge in [0.05, 0.1) is 10.7 Å². The maximum absolute atomic E-state index is 13.3. The van der Waals surface area contributed by atoms with Gasteiger partial charge in [-0.2, -0.15) is 13.2 Å². The van der Waals surface area contributed by atoms with Crippen molar-refractivity contribution in [2.24, 2.45) is 4.99 Å². The first-order valence-corrected chi connectivity index (χ1v) is 10.8. The van der Waals surface area contributed by atoms with Crippen molar-refractivity contribution in [2.75, 3.05) is 12.4 Å². The molecule has 0 aliphatic rings. The highest BCUT2D eigenvalue weighted by Gasteiger charge is 2.34. The van der Waals surface area contributed by atoms with Gasteiger partial charge in [0.25, 0.3) is 5.91 Å². The summed E-state index contributed by atoms with van der Waals surface area (Å²) in [5, 5.41) is 6.59. The van der Waals surface area contributed by atoms with Crippen LogP contribution in [0.1, 0.15) is 21.5 Å². The molecule has 0 aliphatic carbocycles. The second-order valence-corrected chi connectivity index (χ2v) is 7.94. The molecule has 0 aromatic heterocycles. The monoisotopic (exact) mass is 505 g/mol. The lowest BCUT2D eigenvalue weighted by atomic mass is 10.1. The van der Waals surface area contributed by atoms with Crippen LogP contribution >= 0.6 is 23.2 Å². The lowest BCUT2D eigenvalue weighted by Crippen LogP contribution is -2.23. The molecule has 3 rings (SSSR count). The van der Waals surface area contributed by atoms with E-state index in [-0.39, 0.29) is 18.1 Å². The average Bonchev–Trinajstić information content (AvgIpc) is 2.81. The topological polar surface area (TPSA) is 53.5 Å². The van der Waals surface area contributed by atoms with Crippen LogP contribution in [0.2, 0.25) is 10.0 Å². The molecular weight excluding hydrogens is 486 g/mol. The van der Waals surface area contributed by atoms with E-state index in [4.69, 9.17) is 23.2 Å². The van der Waals surface area contributed by atoms with E-state index >= 15 is 0 Å². The maximum Gasteiger partial charge on any atom is 0.432 e. The summed E-state index contributed by atoms with van der Waals surface area (Å²) in [6.45, 7) is 0.237. The standard InChI is InChI=1S/C25H20Cl2F3N3O/c1-31-23(25(28,29)30)14-22(33-21-9-5-4-8-20(21)27)16-10-12-17(13-11-16)24(34)32-15-18-6-2-3-7-19(18)26/h2-14,33H,15H2,1H3,(H,32,34)/b22-14-,31-23+. The van der Waals surface area contributed by atoms with Crippen molar-refractivity contribution < 1.29 is 18.0 Å². The fourth-order valence-corrected chi connectivity index (χ4v) is 3.42. The normalized spacial score (nSPS) is 12.4. The third-order valence-corrected chi connectivity index (χ3v) is 5.51. The van der Waals surface area contributed by atoms with Crippen molar-refractivity contribution in [1.29, 1.82) is 0 Å². The molecule has 2 N–H and O–H groups in total. The van der Waals surface area contributed by atoms with Crippen LogP contribution in [-0.2, 0) is 6.54 Å². The van der Waals surface area contributed by atoms with Gasteiger partial charge in [-0.1, -0.05) is 65.7 Å². The number of aliphatic imine (C=N–C) groups is 1. The zero-order valence-corrected chi connectivity index (χ0v) is 19.5. The van der Waals surface area contributed by atoms with Crippen LogP contribution in [0.3, 0.4) is 0 Å². The van der Waals surface area contributed by atoms with Crippen LogP contribution in [0.15, 0.2) is 83.9 Å². The number of halogens is 5. The smallest absolute Gasteiger partial charge is 0.354 e. The Morgan fingerprint density at radius 3 is 2.09 bits per heavy atom. The average molecular weight is 506 g/mol. The third kappa shape index (κ3) is 6.62. The van der Waals surface area contributed by atoms with E-state index in [1.807, 2.05) is 6.07 Å². The summed E-state index contributed by atoms with van der Waals surface area (Å²) in [7, 11) is 1.07. The summed E-state index contributed by atoms with van der Waals surface area (Å²) in [6, 6.07) is 20.0. The molecule has 0 saturated carbocycles. The molecule has 0 aliphatic heterocycles. The third-order valence-electron chi connectivity index (χ3n) is 4.81. The summed E-state index contributed by atoms with van der Waals surface area (Å²) in [5.74, 6) is -0.345. The van der Waals surface area contributed by atoms with E-state index in [1.165, 1.54) is 12.1 Å². The predicted molar refractivity (Wildman–Crippen MR) is 132 cm³/mol. The van der Waals surface area contributed by atoms with Crippen LogP contribution < -0.4 is 10.6 Å². The Labute approximate surface area is 205 Å². The molecule has 0 spiro atoms. The van der Waals surface area contributed by atoms with Crippen molar-refractivity contribution in [2.45, 2.75) is 12.7 Å². The summed E-state index contributed by atoms with van der Waals surface area (Å²) < 4.78 is 40.0. The minimum absolute atomic E-state index is 0.119. The highest BCUT2D eigenvalue weighted by Crippen LogP contribution is 2.28. The highest BCUT2D eigenvalue weighted by atomic mass is 35.5. The van der Waals surface area contributed by atoms with Crippen LogP contribution in [-0.4, -0.2) is 24.8 Å². The first-order valence-electron chi connectivity index (χ1n) is 10.1. The van der Waals surface area contributed by atoms with Gasteiger partial charge in [-0.25, -0.2) is 0 Å². The Morgan fingerprint density at radius 2 is 1.50 bits per heavy atom. The molecular formula is C25H20Cl2F3N3O. The first kappa shape index (κ1) is 25.3. The van der Waals surface area contributed by atoms with E-state index in [0.29, 0.717) is 26.9 Å². The molecule has 3 aromatic carbocycles. The van der Waals surface area contributed by atoms with Gasteiger partial charge in [0.15, 0.2) is 0 Å². The fraction of sp³-hybridized carbons (Fsp3) is 0.120. The van der Waals surface area contributed by atoms with Crippen molar-refractivity contribution in [3.63, 3.8) is 0 Å². The molecule has 0 radical (unpaired) electrons. The first-order chi connectivity index (χ1) is 16.2. The molecule has 0 saturated heterocycles. The largest absolute Gasteiger partial charge is 0.432 e. The van der Waals surface area contributed by atoms with Gasteiger partial charge in [0.1, 0.15) is 5.71 Å². The van der Waals surface area contributed by atoms with Crippen LogP contribution in [0.5, 0.6) is 0 Å².